The lowest BCUT2D eigenvalue weighted by atomic mass is 10.2. The van der Waals surface area contributed by atoms with Crippen molar-refractivity contribution in [3.05, 3.63) is 42.5 Å². The first kappa shape index (κ1) is 22.8. The molecule has 8 heteroatoms. The molecule has 2 rings (SSSR count). The summed E-state index contributed by atoms with van der Waals surface area (Å²) >= 11 is 0. The lowest BCUT2D eigenvalue weighted by Gasteiger charge is -2.39. The lowest BCUT2D eigenvalue weighted by molar-refractivity contribution is 0.349. The van der Waals surface area contributed by atoms with E-state index in [1.54, 1.807) is 27.0 Å². The SMILES string of the molecule is C=CCOc1ccccc1CNC(=NC)N1CCS(=O)(=O)C(C)(C)C1.I. The molecule has 146 valence electrons. The predicted molar refractivity (Wildman–Crippen MR) is 117 cm³/mol. The number of aliphatic imine (C=N–C) groups is 1. The number of nitrogens with zero attached hydrogens (tertiary/aromatic N) is 2. The topological polar surface area (TPSA) is 71.0 Å². The fourth-order valence-electron chi connectivity index (χ4n) is 2.77. The van der Waals surface area contributed by atoms with Gasteiger partial charge < -0.3 is 15.0 Å². The van der Waals surface area contributed by atoms with E-state index in [0.717, 1.165) is 11.3 Å². The molecule has 0 atom stereocenters. The molecule has 0 unspecified atom stereocenters. The average molecular weight is 493 g/mol. The highest BCUT2D eigenvalue weighted by molar-refractivity contribution is 14.0. The molecule has 1 fully saturated rings. The van der Waals surface area contributed by atoms with Crippen LogP contribution in [0.1, 0.15) is 19.4 Å². The molecule has 0 bridgehead atoms. The van der Waals surface area contributed by atoms with Crippen molar-refractivity contribution in [2.75, 3.05) is 32.5 Å². The van der Waals surface area contributed by atoms with Gasteiger partial charge in [-0.3, -0.25) is 4.99 Å². The van der Waals surface area contributed by atoms with E-state index >= 15 is 0 Å². The molecule has 0 aliphatic carbocycles. The average Bonchev–Trinajstić information content (AvgIpc) is 2.57. The van der Waals surface area contributed by atoms with Gasteiger partial charge in [0.2, 0.25) is 0 Å². The Labute approximate surface area is 173 Å². The van der Waals surface area contributed by atoms with E-state index in [0.29, 0.717) is 32.2 Å². The molecule has 1 aromatic rings. The first-order valence-electron chi connectivity index (χ1n) is 8.30. The van der Waals surface area contributed by atoms with Crippen LogP contribution in [-0.4, -0.2) is 56.5 Å². The summed E-state index contributed by atoms with van der Waals surface area (Å²) in [5.74, 6) is 1.63. The van der Waals surface area contributed by atoms with Crippen LogP contribution in [0.5, 0.6) is 5.75 Å². The van der Waals surface area contributed by atoms with Crippen LogP contribution in [0.15, 0.2) is 41.9 Å². The maximum atomic E-state index is 12.2. The summed E-state index contributed by atoms with van der Waals surface area (Å²) in [6.07, 6.45) is 1.71. The second-order valence-electron chi connectivity index (χ2n) is 6.61. The minimum Gasteiger partial charge on any atom is -0.489 e. The maximum absolute atomic E-state index is 12.2. The number of halogens is 1. The monoisotopic (exact) mass is 493 g/mol. The molecule has 26 heavy (non-hydrogen) atoms. The van der Waals surface area contributed by atoms with Gasteiger partial charge in [-0.05, 0) is 19.9 Å². The van der Waals surface area contributed by atoms with Crippen molar-refractivity contribution < 1.29 is 13.2 Å². The highest BCUT2D eigenvalue weighted by atomic mass is 127. The van der Waals surface area contributed by atoms with E-state index in [2.05, 4.69) is 16.9 Å². The van der Waals surface area contributed by atoms with Crippen LogP contribution in [0.3, 0.4) is 0 Å². The quantitative estimate of drug-likeness (QED) is 0.296. The standard InChI is InChI=1S/C18H27N3O3S.HI/c1-5-11-24-16-9-7-6-8-15(16)13-20-17(19-4)21-10-12-25(22,23)18(2,3)14-21;/h5-9H,1,10-14H2,2-4H3,(H,19,20);1H. The van der Waals surface area contributed by atoms with Crippen LogP contribution < -0.4 is 10.1 Å². The number of rotatable bonds is 5. The molecule has 1 N–H and O–H groups in total. The zero-order chi connectivity index (χ0) is 18.5. The number of para-hydroxylation sites is 1. The fraction of sp³-hybridized carbons (Fsp3) is 0.500. The van der Waals surface area contributed by atoms with E-state index in [4.69, 9.17) is 4.74 Å². The van der Waals surface area contributed by atoms with Gasteiger partial charge in [0.1, 0.15) is 12.4 Å². The molecule has 0 saturated carbocycles. The summed E-state index contributed by atoms with van der Waals surface area (Å²) in [6, 6.07) is 7.79. The van der Waals surface area contributed by atoms with Crippen molar-refractivity contribution in [3.63, 3.8) is 0 Å². The Bertz CT molecular complexity index is 748. The summed E-state index contributed by atoms with van der Waals surface area (Å²) in [6.45, 7) is 9.05. The van der Waals surface area contributed by atoms with Gasteiger partial charge >= 0.3 is 0 Å². The number of guanidine groups is 1. The molecule has 1 aliphatic heterocycles. The third kappa shape index (κ3) is 5.35. The zero-order valence-electron chi connectivity index (χ0n) is 15.6. The molecule has 0 amide bonds. The van der Waals surface area contributed by atoms with Crippen LogP contribution in [0.2, 0.25) is 0 Å². The lowest BCUT2D eigenvalue weighted by Crippen LogP contribution is -2.57. The van der Waals surface area contributed by atoms with E-state index in [1.165, 1.54) is 0 Å². The molecule has 1 aliphatic rings. The van der Waals surface area contributed by atoms with E-state index in [9.17, 15) is 8.42 Å². The number of benzene rings is 1. The van der Waals surface area contributed by atoms with Gasteiger partial charge in [-0.2, -0.15) is 0 Å². The normalized spacial score (nSPS) is 18.6. The summed E-state index contributed by atoms with van der Waals surface area (Å²) in [4.78, 5) is 6.31. The second-order valence-corrected chi connectivity index (χ2v) is 9.35. The van der Waals surface area contributed by atoms with Gasteiger partial charge in [-0.15, -0.1) is 24.0 Å². The van der Waals surface area contributed by atoms with E-state index in [-0.39, 0.29) is 29.7 Å². The van der Waals surface area contributed by atoms with Crippen molar-refractivity contribution in [1.82, 2.24) is 10.2 Å². The van der Waals surface area contributed by atoms with E-state index in [1.807, 2.05) is 29.2 Å². The van der Waals surface area contributed by atoms with Gasteiger partial charge in [-0.1, -0.05) is 30.9 Å². The number of hydrogen-bond acceptors (Lipinski definition) is 4. The number of sulfone groups is 1. The molecular formula is C18H28IN3O3S. The van der Waals surface area contributed by atoms with Crippen LogP contribution in [-0.2, 0) is 16.4 Å². The highest BCUT2D eigenvalue weighted by Crippen LogP contribution is 2.24. The van der Waals surface area contributed by atoms with Crippen molar-refractivity contribution in [2.24, 2.45) is 4.99 Å². The molecular weight excluding hydrogens is 465 g/mol. The third-order valence-electron chi connectivity index (χ3n) is 4.32. The van der Waals surface area contributed by atoms with Crippen molar-refractivity contribution in [1.29, 1.82) is 0 Å². The third-order valence-corrected chi connectivity index (χ3v) is 6.85. The Morgan fingerprint density at radius 1 is 1.42 bits per heavy atom. The van der Waals surface area contributed by atoms with Gasteiger partial charge in [-0.25, -0.2) is 8.42 Å². The minimum atomic E-state index is -3.07. The van der Waals surface area contributed by atoms with Gasteiger partial charge in [0, 0.05) is 32.2 Å². The Hall–Kier alpha value is -1.29. The molecule has 1 heterocycles. The van der Waals surface area contributed by atoms with Gasteiger partial charge in [0.05, 0.1) is 10.5 Å². The van der Waals surface area contributed by atoms with Crippen molar-refractivity contribution >= 4 is 39.8 Å². The number of ether oxygens (including phenoxy) is 1. The Balaban J connectivity index is 0.00000338. The largest absolute Gasteiger partial charge is 0.489 e. The summed E-state index contributed by atoms with van der Waals surface area (Å²) in [7, 11) is -1.37. The minimum absolute atomic E-state index is 0. The van der Waals surface area contributed by atoms with Crippen LogP contribution in [0.4, 0.5) is 0 Å². The first-order chi connectivity index (χ1) is 11.8. The molecule has 0 radical (unpaired) electrons. The van der Waals surface area contributed by atoms with E-state index < -0.39 is 14.6 Å². The number of hydrogen-bond donors (Lipinski definition) is 1. The Kier molecular flexibility index (Phi) is 8.39. The summed E-state index contributed by atoms with van der Waals surface area (Å²) in [5.41, 5.74) is 1.01. The summed E-state index contributed by atoms with van der Waals surface area (Å²) < 4.78 is 29.2. The molecule has 1 aromatic carbocycles. The maximum Gasteiger partial charge on any atom is 0.193 e. The Morgan fingerprint density at radius 2 is 2.12 bits per heavy atom. The van der Waals surface area contributed by atoms with Crippen LogP contribution in [0.25, 0.3) is 0 Å². The summed E-state index contributed by atoms with van der Waals surface area (Å²) in [5, 5.41) is 3.31. The van der Waals surface area contributed by atoms with Crippen LogP contribution in [0, 0.1) is 0 Å². The molecule has 0 spiro atoms. The molecule has 6 nitrogen and oxygen atoms in total. The molecule has 1 saturated heterocycles. The van der Waals surface area contributed by atoms with Gasteiger partial charge in [0.25, 0.3) is 0 Å². The fourth-order valence-corrected chi connectivity index (χ4v) is 4.14. The smallest absolute Gasteiger partial charge is 0.193 e. The first-order valence-corrected chi connectivity index (χ1v) is 9.95. The predicted octanol–water partition coefficient (Wildman–Crippen LogP) is 2.45. The second kappa shape index (κ2) is 9.59. The van der Waals surface area contributed by atoms with Gasteiger partial charge in [0.15, 0.2) is 15.8 Å². The Morgan fingerprint density at radius 3 is 2.73 bits per heavy atom. The zero-order valence-corrected chi connectivity index (χ0v) is 18.7. The highest BCUT2D eigenvalue weighted by Gasteiger charge is 2.40. The number of nitrogens with one attached hydrogen (secondary N) is 1. The van der Waals surface area contributed by atoms with Crippen molar-refractivity contribution in [3.8, 4) is 5.75 Å². The molecule has 0 aromatic heterocycles. The van der Waals surface area contributed by atoms with Crippen molar-refractivity contribution in [2.45, 2.75) is 25.1 Å². The van der Waals surface area contributed by atoms with Crippen LogP contribution >= 0.6 is 24.0 Å².